The molecule has 1 atom stereocenters. The molecular weight excluding hydrogens is 424 g/mol. The van der Waals surface area contributed by atoms with E-state index in [9.17, 15) is 9.59 Å². The van der Waals surface area contributed by atoms with E-state index >= 15 is 0 Å². The SMILES string of the molecule is C[C@H](C(=O)NC1CCCCC1)N(CCc1ccccc1)C(=O)COc1ccc(C(C)(C)C)cc1. The molecule has 0 aromatic heterocycles. The smallest absolute Gasteiger partial charge is 0.261 e. The lowest BCUT2D eigenvalue weighted by molar-refractivity contribution is -0.141. The van der Waals surface area contributed by atoms with Crippen molar-refractivity contribution in [1.82, 2.24) is 10.2 Å². The van der Waals surface area contributed by atoms with Gasteiger partial charge >= 0.3 is 0 Å². The van der Waals surface area contributed by atoms with E-state index in [-0.39, 0.29) is 29.9 Å². The average Bonchev–Trinajstić information content (AvgIpc) is 2.83. The van der Waals surface area contributed by atoms with E-state index in [0.29, 0.717) is 18.7 Å². The summed E-state index contributed by atoms with van der Waals surface area (Å²) in [6.07, 6.45) is 6.26. The highest BCUT2D eigenvalue weighted by Crippen LogP contribution is 2.24. The Hall–Kier alpha value is -2.82. The van der Waals surface area contributed by atoms with Crippen LogP contribution in [-0.4, -0.2) is 41.9 Å². The highest BCUT2D eigenvalue weighted by atomic mass is 16.5. The second kappa shape index (κ2) is 12.0. The molecule has 1 fully saturated rings. The lowest BCUT2D eigenvalue weighted by Crippen LogP contribution is -2.52. The van der Waals surface area contributed by atoms with Gasteiger partial charge in [0.15, 0.2) is 6.61 Å². The van der Waals surface area contributed by atoms with Crippen molar-refractivity contribution in [2.75, 3.05) is 13.2 Å². The van der Waals surface area contributed by atoms with Crippen LogP contribution in [0.25, 0.3) is 0 Å². The van der Waals surface area contributed by atoms with Crippen molar-refractivity contribution in [2.24, 2.45) is 0 Å². The molecule has 5 heteroatoms. The first-order valence-electron chi connectivity index (χ1n) is 12.6. The molecular formula is C29H40N2O3. The first kappa shape index (κ1) is 25.8. The standard InChI is InChI=1S/C29H40N2O3/c1-22(28(33)30-25-13-9-6-10-14-25)31(20-19-23-11-7-5-8-12-23)27(32)21-34-26-17-15-24(16-18-26)29(2,3)4/h5,7-8,11-12,15-18,22,25H,6,9-10,13-14,19-21H2,1-4H3,(H,30,33)/t22-/m1/s1. The zero-order valence-electron chi connectivity index (χ0n) is 21.2. The summed E-state index contributed by atoms with van der Waals surface area (Å²) in [6.45, 7) is 8.68. The molecule has 2 aromatic rings. The highest BCUT2D eigenvalue weighted by molar-refractivity contribution is 5.88. The molecule has 0 spiro atoms. The summed E-state index contributed by atoms with van der Waals surface area (Å²) in [6, 6.07) is 17.6. The van der Waals surface area contributed by atoms with Crippen LogP contribution in [0.5, 0.6) is 5.75 Å². The van der Waals surface area contributed by atoms with Gasteiger partial charge in [0.1, 0.15) is 11.8 Å². The van der Waals surface area contributed by atoms with Crippen LogP contribution >= 0.6 is 0 Å². The monoisotopic (exact) mass is 464 g/mol. The van der Waals surface area contributed by atoms with Gasteiger partial charge in [0.25, 0.3) is 5.91 Å². The highest BCUT2D eigenvalue weighted by Gasteiger charge is 2.28. The number of carbonyl (C=O) groups excluding carboxylic acids is 2. The van der Waals surface area contributed by atoms with Crippen molar-refractivity contribution >= 4 is 11.8 Å². The van der Waals surface area contributed by atoms with Crippen LogP contribution in [0.15, 0.2) is 54.6 Å². The number of hydrogen-bond donors (Lipinski definition) is 1. The topological polar surface area (TPSA) is 58.6 Å². The average molecular weight is 465 g/mol. The van der Waals surface area contributed by atoms with Gasteiger partial charge in [-0.15, -0.1) is 0 Å². The lowest BCUT2D eigenvalue weighted by Gasteiger charge is -2.31. The third-order valence-electron chi connectivity index (χ3n) is 6.69. The number of rotatable bonds is 9. The molecule has 34 heavy (non-hydrogen) atoms. The molecule has 0 heterocycles. The van der Waals surface area contributed by atoms with Crippen LogP contribution in [0.4, 0.5) is 0 Å². The van der Waals surface area contributed by atoms with Gasteiger partial charge in [0.2, 0.25) is 5.91 Å². The largest absolute Gasteiger partial charge is 0.484 e. The van der Waals surface area contributed by atoms with Crippen molar-refractivity contribution in [3.05, 3.63) is 65.7 Å². The molecule has 1 N–H and O–H groups in total. The van der Waals surface area contributed by atoms with Crippen LogP contribution < -0.4 is 10.1 Å². The Kier molecular flexibility index (Phi) is 9.14. The van der Waals surface area contributed by atoms with E-state index in [0.717, 1.165) is 31.2 Å². The number of benzene rings is 2. The predicted molar refractivity (Wildman–Crippen MR) is 137 cm³/mol. The van der Waals surface area contributed by atoms with Crippen LogP contribution in [0.1, 0.15) is 70.9 Å². The van der Waals surface area contributed by atoms with Gasteiger partial charge in [-0.1, -0.05) is 82.5 Å². The first-order valence-corrected chi connectivity index (χ1v) is 12.6. The Labute approximate surface area is 204 Å². The molecule has 1 aliphatic rings. The van der Waals surface area contributed by atoms with E-state index in [2.05, 4.69) is 26.1 Å². The molecule has 0 unspecified atom stereocenters. The summed E-state index contributed by atoms with van der Waals surface area (Å²) in [5.41, 5.74) is 2.41. The third-order valence-corrected chi connectivity index (χ3v) is 6.69. The summed E-state index contributed by atoms with van der Waals surface area (Å²) in [5, 5.41) is 3.17. The van der Waals surface area contributed by atoms with E-state index in [1.807, 2.05) is 61.5 Å². The molecule has 184 valence electrons. The maximum atomic E-state index is 13.2. The van der Waals surface area contributed by atoms with Gasteiger partial charge < -0.3 is 15.0 Å². The number of nitrogens with one attached hydrogen (secondary N) is 1. The minimum absolute atomic E-state index is 0.0592. The normalized spacial score (nSPS) is 15.4. The van der Waals surface area contributed by atoms with Crippen molar-refractivity contribution in [3.8, 4) is 5.75 Å². The van der Waals surface area contributed by atoms with E-state index in [1.165, 1.54) is 12.0 Å². The molecule has 0 aliphatic heterocycles. The Morgan fingerprint density at radius 3 is 2.26 bits per heavy atom. The molecule has 3 rings (SSSR count). The zero-order valence-corrected chi connectivity index (χ0v) is 21.2. The fraction of sp³-hybridized carbons (Fsp3) is 0.517. The Morgan fingerprint density at radius 1 is 1.00 bits per heavy atom. The summed E-state index contributed by atoms with van der Waals surface area (Å²) >= 11 is 0. The number of hydrogen-bond acceptors (Lipinski definition) is 3. The molecule has 0 radical (unpaired) electrons. The molecule has 0 bridgehead atoms. The number of ether oxygens (including phenoxy) is 1. The fourth-order valence-corrected chi connectivity index (χ4v) is 4.42. The Bertz CT molecular complexity index is 913. The van der Waals surface area contributed by atoms with Gasteiger partial charge in [0, 0.05) is 12.6 Å². The number of carbonyl (C=O) groups is 2. The first-order chi connectivity index (χ1) is 16.2. The molecule has 1 saturated carbocycles. The second-order valence-electron chi connectivity index (χ2n) is 10.4. The quantitative estimate of drug-likeness (QED) is 0.550. The van der Waals surface area contributed by atoms with Crippen molar-refractivity contribution in [2.45, 2.75) is 83.7 Å². The van der Waals surface area contributed by atoms with E-state index in [4.69, 9.17) is 4.74 Å². The summed E-state index contributed by atoms with van der Waals surface area (Å²) < 4.78 is 5.83. The summed E-state index contributed by atoms with van der Waals surface area (Å²) in [4.78, 5) is 27.9. The molecule has 2 amide bonds. The van der Waals surface area contributed by atoms with Crippen molar-refractivity contribution < 1.29 is 14.3 Å². The molecule has 2 aromatic carbocycles. The van der Waals surface area contributed by atoms with Gasteiger partial charge in [-0.3, -0.25) is 9.59 Å². The van der Waals surface area contributed by atoms with Crippen LogP contribution in [0.3, 0.4) is 0 Å². The third kappa shape index (κ3) is 7.61. The maximum Gasteiger partial charge on any atom is 0.261 e. The Morgan fingerprint density at radius 2 is 1.65 bits per heavy atom. The fourth-order valence-electron chi connectivity index (χ4n) is 4.42. The second-order valence-corrected chi connectivity index (χ2v) is 10.4. The molecule has 0 saturated heterocycles. The molecule has 1 aliphatic carbocycles. The Balaban J connectivity index is 1.64. The minimum Gasteiger partial charge on any atom is -0.484 e. The predicted octanol–water partition coefficient (Wildman–Crippen LogP) is 5.27. The molecule has 5 nitrogen and oxygen atoms in total. The van der Waals surface area contributed by atoms with Gasteiger partial charge in [0.05, 0.1) is 0 Å². The minimum atomic E-state index is -0.551. The van der Waals surface area contributed by atoms with Crippen molar-refractivity contribution in [1.29, 1.82) is 0 Å². The maximum absolute atomic E-state index is 13.2. The van der Waals surface area contributed by atoms with E-state index in [1.54, 1.807) is 4.90 Å². The van der Waals surface area contributed by atoms with Gasteiger partial charge in [-0.2, -0.15) is 0 Å². The van der Waals surface area contributed by atoms with E-state index < -0.39 is 6.04 Å². The van der Waals surface area contributed by atoms with Gasteiger partial charge in [-0.05, 0) is 54.9 Å². The lowest BCUT2D eigenvalue weighted by atomic mass is 9.87. The van der Waals surface area contributed by atoms with Crippen molar-refractivity contribution in [3.63, 3.8) is 0 Å². The van der Waals surface area contributed by atoms with Crippen LogP contribution in [0.2, 0.25) is 0 Å². The van der Waals surface area contributed by atoms with Crippen LogP contribution in [0, 0.1) is 0 Å². The number of nitrogens with zero attached hydrogens (tertiary/aromatic N) is 1. The van der Waals surface area contributed by atoms with Gasteiger partial charge in [-0.25, -0.2) is 0 Å². The number of amides is 2. The summed E-state index contributed by atoms with van der Waals surface area (Å²) in [5.74, 6) is 0.397. The zero-order chi connectivity index (χ0) is 24.6. The van der Waals surface area contributed by atoms with Crippen LogP contribution in [-0.2, 0) is 21.4 Å². The summed E-state index contributed by atoms with van der Waals surface area (Å²) in [7, 11) is 0.